The highest BCUT2D eigenvalue weighted by atomic mass is 16.3. The maximum atomic E-state index is 11.0. The molecule has 0 bridgehead atoms. The van der Waals surface area contributed by atoms with E-state index in [9.17, 15) is 4.79 Å². The van der Waals surface area contributed by atoms with E-state index in [-0.39, 0.29) is 0 Å². The Bertz CT molecular complexity index is 486. The van der Waals surface area contributed by atoms with E-state index in [1.807, 2.05) is 25.1 Å². The number of amides is 1. The molecule has 0 unspecified atom stereocenters. The summed E-state index contributed by atoms with van der Waals surface area (Å²) >= 11 is 0. The minimum absolute atomic E-state index is 0.428. The Morgan fingerprint density at radius 2 is 2.13 bits per heavy atom. The van der Waals surface area contributed by atoms with Gasteiger partial charge in [-0.15, -0.1) is 0 Å². The number of primary amides is 1. The molecule has 1 aromatic carbocycles. The molecule has 0 aliphatic heterocycles. The fraction of sp³-hybridized carbons (Fsp3) is 0.0833. The smallest absolute Gasteiger partial charge is 0.248 e. The van der Waals surface area contributed by atoms with Crippen molar-refractivity contribution in [1.82, 2.24) is 0 Å². The quantitative estimate of drug-likeness (QED) is 0.810. The Morgan fingerprint density at radius 1 is 1.33 bits per heavy atom. The predicted octanol–water partition coefficient (Wildman–Crippen LogP) is 2.35. The van der Waals surface area contributed by atoms with Crippen LogP contribution in [0.4, 0.5) is 0 Å². The highest BCUT2D eigenvalue weighted by molar-refractivity contribution is 5.94. The Hall–Kier alpha value is -2.03. The monoisotopic (exact) mass is 201 g/mol. The molecule has 76 valence electrons. The molecule has 3 nitrogen and oxygen atoms in total. The van der Waals surface area contributed by atoms with Crippen LogP contribution in [0.25, 0.3) is 11.3 Å². The summed E-state index contributed by atoms with van der Waals surface area (Å²) in [6, 6.07) is 8.98. The van der Waals surface area contributed by atoms with E-state index in [0.29, 0.717) is 5.56 Å². The standard InChI is InChI=1S/C12H11NO2/c1-8-4-5-9(12(13)14)7-10(8)11-3-2-6-15-11/h2-7H,1H3,(H2,13,14). The normalized spacial score (nSPS) is 10.2. The third-order valence-electron chi connectivity index (χ3n) is 2.31. The first-order valence-corrected chi connectivity index (χ1v) is 4.63. The molecule has 0 radical (unpaired) electrons. The van der Waals surface area contributed by atoms with Crippen LogP contribution in [0.2, 0.25) is 0 Å². The zero-order valence-corrected chi connectivity index (χ0v) is 8.36. The average Bonchev–Trinajstić information content (AvgIpc) is 2.71. The summed E-state index contributed by atoms with van der Waals surface area (Å²) in [5.74, 6) is 0.318. The maximum absolute atomic E-state index is 11.0. The first-order valence-electron chi connectivity index (χ1n) is 4.63. The minimum Gasteiger partial charge on any atom is -0.464 e. The van der Waals surface area contributed by atoms with Crippen LogP contribution >= 0.6 is 0 Å². The van der Waals surface area contributed by atoms with Gasteiger partial charge in [0.25, 0.3) is 0 Å². The van der Waals surface area contributed by atoms with Gasteiger partial charge in [-0.2, -0.15) is 0 Å². The molecule has 2 aromatic rings. The summed E-state index contributed by atoms with van der Waals surface area (Å²) in [6.45, 7) is 1.96. The number of carbonyl (C=O) groups is 1. The SMILES string of the molecule is Cc1ccc(C(N)=O)cc1-c1ccco1. The van der Waals surface area contributed by atoms with Crippen LogP contribution in [0.15, 0.2) is 41.0 Å². The molecular weight excluding hydrogens is 190 g/mol. The molecule has 0 fully saturated rings. The number of aryl methyl sites for hydroxylation is 1. The first kappa shape index (κ1) is 9.52. The molecular formula is C12H11NO2. The van der Waals surface area contributed by atoms with Gasteiger partial charge in [-0.25, -0.2) is 0 Å². The topological polar surface area (TPSA) is 56.2 Å². The first-order chi connectivity index (χ1) is 7.18. The molecule has 2 N–H and O–H groups in total. The van der Waals surface area contributed by atoms with Gasteiger partial charge in [-0.1, -0.05) is 6.07 Å². The lowest BCUT2D eigenvalue weighted by Gasteiger charge is -2.04. The summed E-state index contributed by atoms with van der Waals surface area (Å²) in [7, 11) is 0. The van der Waals surface area contributed by atoms with Gasteiger partial charge in [0.2, 0.25) is 5.91 Å². The third kappa shape index (κ3) is 1.76. The van der Waals surface area contributed by atoms with Crippen LogP contribution in [-0.2, 0) is 0 Å². The molecule has 0 spiro atoms. The van der Waals surface area contributed by atoms with Crippen molar-refractivity contribution in [3.05, 3.63) is 47.7 Å². The third-order valence-corrected chi connectivity index (χ3v) is 2.31. The largest absolute Gasteiger partial charge is 0.464 e. The highest BCUT2D eigenvalue weighted by Gasteiger charge is 2.08. The van der Waals surface area contributed by atoms with Crippen LogP contribution in [-0.4, -0.2) is 5.91 Å². The van der Waals surface area contributed by atoms with Crippen LogP contribution in [0, 0.1) is 6.92 Å². The van der Waals surface area contributed by atoms with Crippen molar-refractivity contribution < 1.29 is 9.21 Å². The Balaban J connectivity index is 2.55. The fourth-order valence-corrected chi connectivity index (χ4v) is 1.47. The van der Waals surface area contributed by atoms with Crippen molar-refractivity contribution in [2.24, 2.45) is 5.73 Å². The molecule has 1 heterocycles. The lowest BCUT2D eigenvalue weighted by atomic mass is 10.0. The molecule has 15 heavy (non-hydrogen) atoms. The second-order valence-electron chi connectivity index (χ2n) is 3.37. The van der Waals surface area contributed by atoms with Gasteiger partial charge < -0.3 is 10.2 Å². The molecule has 0 aliphatic rings. The van der Waals surface area contributed by atoms with Crippen molar-refractivity contribution in [1.29, 1.82) is 0 Å². The highest BCUT2D eigenvalue weighted by Crippen LogP contribution is 2.24. The molecule has 1 aromatic heterocycles. The molecule has 0 atom stereocenters. The Kier molecular flexibility index (Phi) is 2.29. The molecule has 2 rings (SSSR count). The molecule has 0 saturated carbocycles. The number of hydrogen-bond acceptors (Lipinski definition) is 2. The number of nitrogens with two attached hydrogens (primary N) is 1. The minimum atomic E-state index is -0.428. The van der Waals surface area contributed by atoms with Crippen LogP contribution < -0.4 is 5.73 Å². The van der Waals surface area contributed by atoms with Crippen molar-refractivity contribution in [2.45, 2.75) is 6.92 Å². The van der Waals surface area contributed by atoms with E-state index in [1.54, 1.807) is 18.4 Å². The van der Waals surface area contributed by atoms with Crippen LogP contribution in [0.3, 0.4) is 0 Å². The number of rotatable bonds is 2. The second-order valence-corrected chi connectivity index (χ2v) is 3.37. The summed E-state index contributed by atoms with van der Waals surface area (Å²) in [4.78, 5) is 11.0. The fourth-order valence-electron chi connectivity index (χ4n) is 1.47. The number of carbonyl (C=O) groups excluding carboxylic acids is 1. The van der Waals surface area contributed by atoms with Crippen molar-refractivity contribution >= 4 is 5.91 Å². The summed E-state index contributed by atoms with van der Waals surface area (Å²) < 4.78 is 5.28. The second kappa shape index (κ2) is 3.61. The molecule has 0 aliphatic carbocycles. The number of hydrogen-bond donors (Lipinski definition) is 1. The average molecular weight is 201 g/mol. The zero-order valence-electron chi connectivity index (χ0n) is 8.36. The van der Waals surface area contributed by atoms with E-state index in [4.69, 9.17) is 10.2 Å². The molecule has 3 heteroatoms. The van der Waals surface area contributed by atoms with Gasteiger partial charge in [0.05, 0.1) is 6.26 Å². The number of benzene rings is 1. The summed E-state index contributed by atoms with van der Waals surface area (Å²) in [5.41, 5.74) is 7.66. The van der Waals surface area contributed by atoms with Gasteiger partial charge in [0, 0.05) is 11.1 Å². The van der Waals surface area contributed by atoms with Gasteiger partial charge in [-0.05, 0) is 36.8 Å². The van der Waals surface area contributed by atoms with E-state index >= 15 is 0 Å². The van der Waals surface area contributed by atoms with Crippen molar-refractivity contribution in [2.75, 3.05) is 0 Å². The van der Waals surface area contributed by atoms with E-state index in [1.165, 1.54) is 0 Å². The molecule has 0 saturated heterocycles. The van der Waals surface area contributed by atoms with Crippen LogP contribution in [0.5, 0.6) is 0 Å². The van der Waals surface area contributed by atoms with E-state index < -0.39 is 5.91 Å². The van der Waals surface area contributed by atoms with E-state index in [2.05, 4.69) is 0 Å². The predicted molar refractivity (Wildman–Crippen MR) is 57.4 cm³/mol. The van der Waals surface area contributed by atoms with Gasteiger partial charge in [-0.3, -0.25) is 4.79 Å². The Labute approximate surface area is 87.5 Å². The van der Waals surface area contributed by atoms with Crippen molar-refractivity contribution in [3.63, 3.8) is 0 Å². The molecule has 1 amide bonds. The van der Waals surface area contributed by atoms with Gasteiger partial charge in [0.1, 0.15) is 5.76 Å². The summed E-state index contributed by atoms with van der Waals surface area (Å²) in [5, 5.41) is 0. The number of furan rings is 1. The Morgan fingerprint density at radius 3 is 2.73 bits per heavy atom. The van der Waals surface area contributed by atoms with Crippen molar-refractivity contribution in [3.8, 4) is 11.3 Å². The van der Waals surface area contributed by atoms with Gasteiger partial charge >= 0.3 is 0 Å². The zero-order chi connectivity index (χ0) is 10.8. The van der Waals surface area contributed by atoms with Crippen LogP contribution in [0.1, 0.15) is 15.9 Å². The summed E-state index contributed by atoms with van der Waals surface area (Å²) in [6.07, 6.45) is 1.60. The lowest BCUT2D eigenvalue weighted by Crippen LogP contribution is -2.10. The maximum Gasteiger partial charge on any atom is 0.248 e. The lowest BCUT2D eigenvalue weighted by molar-refractivity contribution is 0.100. The van der Waals surface area contributed by atoms with E-state index in [0.717, 1.165) is 16.9 Å². The van der Waals surface area contributed by atoms with Gasteiger partial charge in [0.15, 0.2) is 0 Å².